The van der Waals surface area contributed by atoms with Crippen LogP contribution >= 0.6 is 11.3 Å². The van der Waals surface area contributed by atoms with Crippen molar-refractivity contribution < 1.29 is 13.2 Å². The van der Waals surface area contributed by atoms with Crippen molar-refractivity contribution in [1.82, 2.24) is 9.21 Å². The second-order valence-electron chi connectivity index (χ2n) is 6.81. The molecule has 0 spiro atoms. The molecule has 0 N–H and O–H groups in total. The minimum absolute atomic E-state index is 0.0222. The topological polar surface area (TPSA) is 57.7 Å². The number of hydrogen-bond acceptors (Lipinski definition) is 4. The molecule has 0 aliphatic carbocycles. The van der Waals surface area contributed by atoms with Gasteiger partial charge in [-0.25, -0.2) is 8.42 Å². The number of hydrogen-bond donors (Lipinski definition) is 0. The lowest BCUT2D eigenvalue weighted by molar-refractivity contribution is 0.0738. The van der Waals surface area contributed by atoms with E-state index in [-0.39, 0.29) is 16.8 Å². The highest BCUT2D eigenvalue weighted by molar-refractivity contribution is 7.89. The summed E-state index contributed by atoms with van der Waals surface area (Å²) in [6, 6.07) is 10.7. The van der Waals surface area contributed by atoms with Crippen molar-refractivity contribution in [2.75, 3.05) is 19.6 Å². The minimum atomic E-state index is -3.44. The third-order valence-corrected chi connectivity index (χ3v) is 8.08. The first-order valence-electron chi connectivity index (χ1n) is 9.02. The second-order valence-corrected chi connectivity index (χ2v) is 9.72. The summed E-state index contributed by atoms with van der Waals surface area (Å²) in [4.78, 5) is 16.3. The molecular formula is C19H22N2O3S2. The molecule has 0 radical (unpaired) electrons. The first-order valence-corrected chi connectivity index (χ1v) is 11.3. The highest BCUT2D eigenvalue weighted by Gasteiger charge is 2.32. The smallest absolute Gasteiger partial charge is 0.254 e. The molecule has 1 atom stereocenters. The molecule has 1 aromatic heterocycles. The van der Waals surface area contributed by atoms with Crippen molar-refractivity contribution in [1.29, 1.82) is 0 Å². The van der Waals surface area contributed by atoms with Gasteiger partial charge in [0, 0.05) is 30.1 Å². The average molecular weight is 391 g/mol. The number of sulfonamides is 1. The van der Waals surface area contributed by atoms with Crippen LogP contribution in [0.4, 0.5) is 0 Å². The first kappa shape index (κ1) is 17.7. The summed E-state index contributed by atoms with van der Waals surface area (Å²) in [5.74, 6) is -0.0222. The molecule has 1 unspecified atom stereocenters. The number of likely N-dealkylation sites (tertiary alicyclic amines) is 1. The van der Waals surface area contributed by atoms with Gasteiger partial charge in [0.15, 0.2) is 0 Å². The lowest BCUT2D eigenvalue weighted by Gasteiger charge is -2.24. The molecule has 1 amide bonds. The molecule has 0 bridgehead atoms. The summed E-state index contributed by atoms with van der Waals surface area (Å²) in [6.45, 7) is 1.91. The Labute approximate surface area is 158 Å². The normalized spacial score (nSPS) is 21.4. The molecule has 2 aliphatic heterocycles. The molecule has 4 rings (SSSR count). The Balaban J connectivity index is 1.54. The highest BCUT2D eigenvalue weighted by atomic mass is 32.2. The van der Waals surface area contributed by atoms with Gasteiger partial charge < -0.3 is 4.90 Å². The molecule has 7 heteroatoms. The van der Waals surface area contributed by atoms with Gasteiger partial charge in [-0.05, 0) is 61.4 Å². The lowest BCUT2D eigenvalue weighted by atomic mass is 10.1. The molecular weight excluding hydrogens is 368 g/mol. The Morgan fingerprint density at radius 2 is 1.73 bits per heavy atom. The van der Waals surface area contributed by atoms with Crippen LogP contribution in [-0.4, -0.2) is 43.2 Å². The summed E-state index contributed by atoms with van der Waals surface area (Å²) in [5.41, 5.74) is 0.550. The molecule has 2 aromatic rings. The molecule has 0 saturated carbocycles. The van der Waals surface area contributed by atoms with Gasteiger partial charge in [-0.3, -0.25) is 4.79 Å². The van der Waals surface area contributed by atoms with E-state index in [1.165, 1.54) is 9.18 Å². The van der Waals surface area contributed by atoms with Crippen molar-refractivity contribution >= 4 is 27.3 Å². The van der Waals surface area contributed by atoms with Gasteiger partial charge in [0.25, 0.3) is 5.91 Å². The number of thiophene rings is 1. The quantitative estimate of drug-likeness (QED) is 0.803. The summed E-state index contributed by atoms with van der Waals surface area (Å²) < 4.78 is 26.7. The van der Waals surface area contributed by atoms with Gasteiger partial charge in [-0.1, -0.05) is 6.07 Å². The summed E-state index contributed by atoms with van der Waals surface area (Å²) >= 11 is 1.68. The number of carbonyl (C=O) groups is 1. The van der Waals surface area contributed by atoms with Gasteiger partial charge in [-0.2, -0.15) is 4.31 Å². The number of benzene rings is 1. The zero-order valence-electron chi connectivity index (χ0n) is 14.5. The predicted octanol–water partition coefficient (Wildman–Crippen LogP) is 3.51. The Hall–Kier alpha value is -1.70. The van der Waals surface area contributed by atoms with E-state index in [0.29, 0.717) is 18.7 Å². The van der Waals surface area contributed by atoms with E-state index in [2.05, 4.69) is 6.07 Å². The number of nitrogens with zero attached hydrogens (tertiary/aromatic N) is 2. The molecule has 26 heavy (non-hydrogen) atoms. The Morgan fingerprint density at radius 1 is 1.00 bits per heavy atom. The van der Waals surface area contributed by atoms with E-state index in [9.17, 15) is 13.2 Å². The molecule has 1 aromatic carbocycles. The van der Waals surface area contributed by atoms with Gasteiger partial charge in [0.05, 0.1) is 10.9 Å². The van der Waals surface area contributed by atoms with Crippen molar-refractivity contribution in [3.63, 3.8) is 0 Å². The van der Waals surface area contributed by atoms with Crippen LogP contribution < -0.4 is 0 Å². The van der Waals surface area contributed by atoms with Crippen LogP contribution in [0.3, 0.4) is 0 Å². The Bertz CT molecular complexity index is 870. The third-order valence-electron chi connectivity index (χ3n) is 5.19. The van der Waals surface area contributed by atoms with Crippen LogP contribution in [-0.2, 0) is 10.0 Å². The summed E-state index contributed by atoms with van der Waals surface area (Å²) in [6.07, 6.45) is 3.80. The fourth-order valence-electron chi connectivity index (χ4n) is 3.80. The van der Waals surface area contributed by atoms with Crippen LogP contribution in [0.25, 0.3) is 0 Å². The van der Waals surface area contributed by atoms with E-state index < -0.39 is 10.0 Å². The first-order chi connectivity index (χ1) is 12.6. The summed E-state index contributed by atoms with van der Waals surface area (Å²) in [7, 11) is -3.44. The van der Waals surface area contributed by atoms with Crippen molar-refractivity contribution in [2.24, 2.45) is 0 Å². The molecule has 138 valence electrons. The Kier molecular flexibility index (Phi) is 4.86. The number of carbonyl (C=O) groups excluding carboxylic acids is 1. The zero-order chi connectivity index (χ0) is 18.1. The zero-order valence-corrected chi connectivity index (χ0v) is 16.1. The van der Waals surface area contributed by atoms with Gasteiger partial charge >= 0.3 is 0 Å². The largest absolute Gasteiger partial charge is 0.331 e. The molecule has 2 saturated heterocycles. The minimum Gasteiger partial charge on any atom is -0.331 e. The molecule has 2 aliphatic rings. The molecule has 5 nitrogen and oxygen atoms in total. The monoisotopic (exact) mass is 390 g/mol. The predicted molar refractivity (Wildman–Crippen MR) is 102 cm³/mol. The van der Waals surface area contributed by atoms with Gasteiger partial charge in [-0.15, -0.1) is 11.3 Å². The van der Waals surface area contributed by atoms with E-state index in [1.54, 1.807) is 35.6 Å². The van der Waals surface area contributed by atoms with Crippen LogP contribution in [0.15, 0.2) is 46.7 Å². The Morgan fingerprint density at radius 3 is 2.38 bits per heavy atom. The fourth-order valence-corrected chi connectivity index (χ4v) is 6.19. The standard InChI is InChI=1S/C19H22N2O3S2/c22-19(21-13-3-5-17(21)18-6-4-14-25-18)15-7-9-16(10-8-15)26(23,24)20-11-1-2-12-20/h4,6-10,14,17H,1-3,5,11-13H2. The fraction of sp³-hybridized carbons (Fsp3) is 0.421. The van der Waals surface area contributed by atoms with Gasteiger partial charge in [0.1, 0.15) is 0 Å². The van der Waals surface area contributed by atoms with E-state index in [0.717, 1.165) is 32.2 Å². The molecule has 2 fully saturated rings. The third kappa shape index (κ3) is 3.19. The molecule has 3 heterocycles. The van der Waals surface area contributed by atoms with Crippen LogP contribution in [0.2, 0.25) is 0 Å². The van der Waals surface area contributed by atoms with E-state index in [4.69, 9.17) is 0 Å². The maximum absolute atomic E-state index is 12.9. The second kappa shape index (κ2) is 7.13. The highest BCUT2D eigenvalue weighted by Crippen LogP contribution is 2.35. The average Bonchev–Trinajstić information content (AvgIpc) is 3.43. The summed E-state index contributed by atoms with van der Waals surface area (Å²) in [5, 5.41) is 2.04. The van der Waals surface area contributed by atoms with Crippen LogP contribution in [0.5, 0.6) is 0 Å². The lowest BCUT2D eigenvalue weighted by Crippen LogP contribution is -2.30. The maximum atomic E-state index is 12.9. The van der Waals surface area contributed by atoms with E-state index >= 15 is 0 Å². The van der Waals surface area contributed by atoms with Crippen molar-refractivity contribution in [2.45, 2.75) is 36.6 Å². The number of rotatable bonds is 4. The van der Waals surface area contributed by atoms with E-state index in [1.807, 2.05) is 16.3 Å². The van der Waals surface area contributed by atoms with Crippen LogP contribution in [0, 0.1) is 0 Å². The van der Waals surface area contributed by atoms with Crippen LogP contribution in [0.1, 0.15) is 47.0 Å². The maximum Gasteiger partial charge on any atom is 0.254 e. The number of amides is 1. The SMILES string of the molecule is O=C(c1ccc(S(=O)(=O)N2CCCC2)cc1)N1CCCC1c1cccs1. The van der Waals surface area contributed by atoms with Crippen molar-refractivity contribution in [3.05, 3.63) is 52.2 Å². The van der Waals surface area contributed by atoms with Crippen molar-refractivity contribution in [3.8, 4) is 0 Å². The van der Waals surface area contributed by atoms with Gasteiger partial charge in [0.2, 0.25) is 10.0 Å².